The number of benzene rings is 2. The van der Waals surface area contributed by atoms with Crippen molar-refractivity contribution in [2.45, 2.75) is 25.3 Å². The summed E-state index contributed by atoms with van der Waals surface area (Å²) < 4.78 is 1.86. The van der Waals surface area contributed by atoms with Crippen molar-refractivity contribution < 1.29 is 4.79 Å². The number of hydrogen-bond donors (Lipinski definition) is 1. The van der Waals surface area contributed by atoms with Crippen LogP contribution >= 0.6 is 0 Å². The number of pyridine rings is 1. The number of hydrogen-bond acceptors (Lipinski definition) is 5. The SMILES string of the molecule is O=C(Cc1cccc2cccnc12)Nc1cccc(-c2nnnn2C2CC2)c1. The molecule has 28 heavy (non-hydrogen) atoms. The summed E-state index contributed by atoms with van der Waals surface area (Å²) in [5.74, 6) is 0.647. The molecule has 1 saturated carbocycles. The minimum atomic E-state index is -0.0860. The number of aromatic nitrogens is 5. The zero-order valence-electron chi connectivity index (χ0n) is 15.1. The minimum absolute atomic E-state index is 0.0860. The first-order valence-corrected chi connectivity index (χ1v) is 9.29. The van der Waals surface area contributed by atoms with Gasteiger partial charge in [0.15, 0.2) is 5.82 Å². The lowest BCUT2D eigenvalue weighted by Gasteiger charge is -2.09. The van der Waals surface area contributed by atoms with Gasteiger partial charge in [-0.15, -0.1) is 5.10 Å². The minimum Gasteiger partial charge on any atom is -0.326 e. The van der Waals surface area contributed by atoms with Crippen LogP contribution in [-0.4, -0.2) is 31.1 Å². The summed E-state index contributed by atoms with van der Waals surface area (Å²) in [5.41, 5.74) is 3.38. The summed E-state index contributed by atoms with van der Waals surface area (Å²) in [4.78, 5) is 17.0. The van der Waals surface area contributed by atoms with Crippen LogP contribution in [0, 0.1) is 0 Å². The number of amides is 1. The molecule has 0 saturated heterocycles. The van der Waals surface area contributed by atoms with Crippen molar-refractivity contribution in [3.8, 4) is 11.4 Å². The van der Waals surface area contributed by atoms with Gasteiger partial charge in [-0.05, 0) is 47.0 Å². The van der Waals surface area contributed by atoms with E-state index < -0.39 is 0 Å². The summed E-state index contributed by atoms with van der Waals surface area (Å²) in [6.45, 7) is 0. The molecule has 0 atom stereocenters. The highest BCUT2D eigenvalue weighted by Gasteiger charge is 2.28. The van der Waals surface area contributed by atoms with E-state index in [1.54, 1.807) is 6.20 Å². The Morgan fingerprint density at radius 2 is 1.96 bits per heavy atom. The predicted molar refractivity (Wildman–Crippen MR) is 106 cm³/mol. The molecule has 1 fully saturated rings. The summed E-state index contributed by atoms with van der Waals surface area (Å²) in [6.07, 6.45) is 4.22. The van der Waals surface area contributed by atoms with Gasteiger partial charge in [-0.1, -0.05) is 36.4 Å². The molecule has 138 valence electrons. The molecule has 7 heteroatoms. The fourth-order valence-electron chi connectivity index (χ4n) is 3.37. The maximum atomic E-state index is 12.6. The van der Waals surface area contributed by atoms with Crippen LogP contribution in [0.25, 0.3) is 22.3 Å². The number of rotatable bonds is 5. The van der Waals surface area contributed by atoms with Crippen LogP contribution in [0.5, 0.6) is 0 Å². The van der Waals surface area contributed by atoms with Crippen LogP contribution in [0.4, 0.5) is 5.69 Å². The van der Waals surface area contributed by atoms with Crippen molar-refractivity contribution >= 4 is 22.5 Å². The number of anilines is 1. The third-order valence-electron chi connectivity index (χ3n) is 4.86. The van der Waals surface area contributed by atoms with Crippen molar-refractivity contribution in [3.63, 3.8) is 0 Å². The Morgan fingerprint density at radius 1 is 1.11 bits per heavy atom. The average Bonchev–Trinajstić information content (AvgIpc) is 3.44. The quantitative estimate of drug-likeness (QED) is 0.582. The summed E-state index contributed by atoms with van der Waals surface area (Å²) in [7, 11) is 0. The zero-order valence-corrected chi connectivity index (χ0v) is 15.1. The van der Waals surface area contributed by atoms with E-state index in [-0.39, 0.29) is 12.3 Å². The Balaban J connectivity index is 1.36. The van der Waals surface area contributed by atoms with Crippen LogP contribution in [-0.2, 0) is 11.2 Å². The molecule has 7 nitrogen and oxygen atoms in total. The lowest BCUT2D eigenvalue weighted by atomic mass is 10.1. The van der Waals surface area contributed by atoms with Gasteiger partial charge in [0.1, 0.15) is 0 Å². The van der Waals surface area contributed by atoms with E-state index in [4.69, 9.17) is 0 Å². The standard InChI is InChI=1S/C21H18N6O/c28-19(13-15-5-1-4-14-7-3-11-22-20(14)15)23-17-8-2-6-16(12-17)21-24-25-26-27(21)18-9-10-18/h1-8,11-12,18H,9-10,13H2,(H,23,28). The van der Waals surface area contributed by atoms with Gasteiger partial charge in [-0.3, -0.25) is 9.78 Å². The summed E-state index contributed by atoms with van der Waals surface area (Å²) in [6, 6.07) is 17.8. The molecule has 2 heterocycles. The van der Waals surface area contributed by atoms with Crippen molar-refractivity contribution in [2.75, 3.05) is 5.32 Å². The molecule has 1 amide bonds. The number of tetrazole rings is 1. The molecular weight excluding hydrogens is 352 g/mol. The van der Waals surface area contributed by atoms with E-state index in [2.05, 4.69) is 25.8 Å². The molecule has 2 aromatic heterocycles. The Bertz CT molecular complexity index is 1160. The van der Waals surface area contributed by atoms with Crippen LogP contribution in [0.1, 0.15) is 24.4 Å². The molecule has 0 aliphatic heterocycles. The third-order valence-corrected chi connectivity index (χ3v) is 4.86. The average molecular weight is 370 g/mol. The molecule has 1 aliphatic carbocycles. The maximum Gasteiger partial charge on any atom is 0.228 e. The summed E-state index contributed by atoms with van der Waals surface area (Å²) >= 11 is 0. The number of nitrogens with one attached hydrogen (secondary N) is 1. The van der Waals surface area contributed by atoms with Gasteiger partial charge in [0.05, 0.1) is 18.0 Å². The van der Waals surface area contributed by atoms with E-state index in [1.807, 2.05) is 59.3 Å². The van der Waals surface area contributed by atoms with Crippen molar-refractivity contribution in [3.05, 3.63) is 66.4 Å². The van der Waals surface area contributed by atoms with E-state index in [0.29, 0.717) is 6.04 Å². The second-order valence-corrected chi connectivity index (χ2v) is 6.98. The molecule has 0 radical (unpaired) electrons. The fraction of sp³-hybridized carbons (Fsp3) is 0.190. The largest absolute Gasteiger partial charge is 0.326 e. The molecule has 0 bridgehead atoms. The zero-order chi connectivity index (χ0) is 18.9. The summed E-state index contributed by atoms with van der Waals surface area (Å²) in [5, 5.41) is 16.1. The van der Waals surface area contributed by atoms with Crippen LogP contribution < -0.4 is 5.32 Å². The Kier molecular flexibility index (Phi) is 4.05. The highest BCUT2D eigenvalue weighted by Crippen LogP contribution is 2.36. The van der Waals surface area contributed by atoms with Crippen molar-refractivity contribution in [2.24, 2.45) is 0 Å². The monoisotopic (exact) mass is 370 g/mol. The van der Waals surface area contributed by atoms with Crippen LogP contribution in [0.3, 0.4) is 0 Å². The molecule has 4 aromatic rings. The molecule has 5 rings (SSSR count). The van der Waals surface area contributed by atoms with Gasteiger partial charge in [0.2, 0.25) is 5.91 Å². The smallest absolute Gasteiger partial charge is 0.228 e. The van der Waals surface area contributed by atoms with Crippen LogP contribution in [0.2, 0.25) is 0 Å². The maximum absolute atomic E-state index is 12.6. The lowest BCUT2D eigenvalue weighted by Crippen LogP contribution is -2.14. The Hall–Kier alpha value is -3.61. The second kappa shape index (κ2) is 6.84. The van der Waals surface area contributed by atoms with Gasteiger partial charge in [-0.2, -0.15) is 0 Å². The molecule has 1 aliphatic rings. The number of carbonyl (C=O) groups excluding carboxylic acids is 1. The van der Waals surface area contributed by atoms with Gasteiger partial charge in [0, 0.05) is 22.8 Å². The van der Waals surface area contributed by atoms with E-state index in [9.17, 15) is 4.79 Å². The van der Waals surface area contributed by atoms with Gasteiger partial charge in [0.25, 0.3) is 0 Å². The highest BCUT2D eigenvalue weighted by atomic mass is 16.1. The van der Waals surface area contributed by atoms with Gasteiger partial charge in [-0.25, -0.2) is 4.68 Å². The number of nitrogens with zero attached hydrogens (tertiary/aromatic N) is 5. The first kappa shape index (κ1) is 16.6. The van der Waals surface area contributed by atoms with Gasteiger partial charge >= 0.3 is 0 Å². The Morgan fingerprint density at radius 3 is 2.86 bits per heavy atom. The molecule has 1 N–H and O–H groups in total. The molecule has 0 spiro atoms. The van der Waals surface area contributed by atoms with Crippen molar-refractivity contribution in [1.82, 2.24) is 25.2 Å². The predicted octanol–water partition coefficient (Wildman–Crippen LogP) is 3.40. The topological polar surface area (TPSA) is 85.6 Å². The molecule has 2 aromatic carbocycles. The van der Waals surface area contributed by atoms with Gasteiger partial charge < -0.3 is 5.32 Å². The van der Waals surface area contributed by atoms with E-state index in [1.165, 1.54) is 0 Å². The van der Waals surface area contributed by atoms with Crippen LogP contribution in [0.15, 0.2) is 60.8 Å². The highest BCUT2D eigenvalue weighted by molar-refractivity contribution is 5.95. The fourth-order valence-corrected chi connectivity index (χ4v) is 3.37. The third kappa shape index (κ3) is 3.22. The van der Waals surface area contributed by atoms with E-state index in [0.717, 1.165) is 46.4 Å². The number of fused-ring (bicyclic) bond motifs is 1. The molecular formula is C21H18N6O. The van der Waals surface area contributed by atoms with E-state index >= 15 is 0 Å². The van der Waals surface area contributed by atoms with Crippen molar-refractivity contribution in [1.29, 1.82) is 0 Å². The number of carbonyl (C=O) groups is 1. The lowest BCUT2D eigenvalue weighted by molar-refractivity contribution is -0.115. The normalized spacial score (nSPS) is 13.6. The molecule has 0 unspecified atom stereocenters. The first-order valence-electron chi connectivity index (χ1n) is 9.29. The number of para-hydroxylation sites is 1. The second-order valence-electron chi connectivity index (χ2n) is 6.98. The Labute approximate surface area is 161 Å². The first-order chi connectivity index (χ1) is 13.8.